The number of amides is 3. The second-order valence-electron chi connectivity index (χ2n) is 9.63. The summed E-state index contributed by atoms with van der Waals surface area (Å²) in [4.78, 5) is 35.2. The highest BCUT2D eigenvalue weighted by atomic mass is 35.5. The molecule has 0 unspecified atom stereocenters. The number of hydrogen-bond acceptors (Lipinski definition) is 7. The Balaban J connectivity index is 1.29. The van der Waals surface area contributed by atoms with Crippen molar-refractivity contribution in [3.8, 4) is 22.8 Å². The Hall–Kier alpha value is -4.54. The predicted octanol–water partition coefficient (Wildman–Crippen LogP) is 7.24. The van der Waals surface area contributed by atoms with Crippen LogP contribution in [-0.4, -0.2) is 57.0 Å². The van der Waals surface area contributed by atoms with E-state index in [9.17, 15) is 31.5 Å². The summed E-state index contributed by atoms with van der Waals surface area (Å²) in [5, 5.41) is 7.11. The number of carbonyl (C=O) groups is 2. The highest BCUT2D eigenvalue weighted by Gasteiger charge is 2.33. The zero-order chi connectivity index (χ0) is 33.0. The van der Waals surface area contributed by atoms with Crippen molar-refractivity contribution in [2.75, 3.05) is 22.6 Å². The number of benzene rings is 3. The van der Waals surface area contributed by atoms with Gasteiger partial charge in [0.15, 0.2) is 11.0 Å². The number of carbonyl (C=O) groups excluding carboxylic acids is 2. The van der Waals surface area contributed by atoms with E-state index in [2.05, 4.69) is 25.1 Å². The maximum absolute atomic E-state index is 12.9. The van der Waals surface area contributed by atoms with Gasteiger partial charge in [0, 0.05) is 11.1 Å². The van der Waals surface area contributed by atoms with Gasteiger partial charge in [0.05, 0.1) is 34.4 Å². The fourth-order valence-electron chi connectivity index (χ4n) is 4.25. The molecule has 1 saturated heterocycles. The lowest BCUT2D eigenvalue weighted by Crippen LogP contribution is -2.31. The molecule has 1 N–H and O–H groups in total. The lowest BCUT2D eigenvalue weighted by molar-refractivity contribution is -0.274. The number of amidine groups is 1. The molecule has 1 fully saturated rings. The number of aliphatic imine (C=N–C) groups is 1. The Labute approximate surface area is 267 Å². The second kappa shape index (κ2) is 13.8. The molecule has 3 amide bonds. The zero-order valence-corrected chi connectivity index (χ0v) is 25.2. The van der Waals surface area contributed by atoms with Gasteiger partial charge in [0.1, 0.15) is 18.7 Å². The van der Waals surface area contributed by atoms with Crippen molar-refractivity contribution in [2.24, 2.45) is 4.99 Å². The van der Waals surface area contributed by atoms with E-state index in [0.717, 1.165) is 29.5 Å². The topological polar surface area (TPSA) is 111 Å². The van der Waals surface area contributed by atoms with E-state index in [0.29, 0.717) is 22.5 Å². The molecular weight excluding hydrogens is 659 g/mol. The number of aromatic nitrogens is 3. The third kappa shape index (κ3) is 8.18. The van der Waals surface area contributed by atoms with Crippen molar-refractivity contribution < 1.29 is 41.0 Å². The van der Waals surface area contributed by atoms with Gasteiger partial charge >= 0.3 is 12.4 Å². The van der Waals surface area contributed by atoms with E-state index >= 15 is 0 Å². The summed E-state index contributed by atoms with van der Waals surface area (Å²) in [6.07, 6.45) is -6.08. The fourth-order valence-corrected chi connectivity index (χ4v) is 5.33. The van der Waals surface area contributed by atoms with Crippen LogP contribution in [0.4, 0.5) is 38.1 Å². The molecule has 0 radical (unpaired) electrons. The number of halogens is 6. The first-order valence-corrected chi connectivity index (χ1v) is 14.6. The average Bonchev–Trinajstić information content (AvgIpc) is 3.61. The van der Waals surface area contributed by atoms with Gasteiger partial charge in [0.2, 0.25) is 5.91 Å². The van der Waals surface area contributed by atoms with Gasteiger partial charge in [-0.3, -0.25) is 9.69 Å². The molecule has 1 aliphatic rings. The molecule has 10 nitrogen and oxygen atoms in total. The molecule has 46 heavy (non-hydrogen) atoms. The number of nitrogens with zero attached hydrogens (tertiary/aromatic N) is 5. The van der Waals surface area contributed by atoms with Gasteiger partial charge in [-0.1, -0.05) is 35.5 Å². The minimum Gasteiger partial charge on any atom is -0.406 e. The summed E-state index contributed by atoms with van der Waals surface area (Å²) in [5.41, 5.74) is 2.75. The van der Waals surface area contributed by atoms with Gasteiger partial charge in [-0.25, -0.2) is 23.2 Å². The van der Waals surface area contributed by atoms with Gasteiger partial charge in [-0.15, -0.1) is 18.3 Å². The van der Waals surface area contributed by atoms with Crippen LogP contribution in [0.2, 0.25) is 5.02 Å². The molecule has 240 valence electrons. The van der Waals surface area contributed by atoms with Crippen LogP contribution in [0.1, 0.15) is 11.1 Å². The first-order chi connectivity index (χ1) is 21.9. The molecule has 3 aromatic carbocycles. The number of alkyl halides is 5. The summed E-state index contributed by atoms with van der Waals surface area (Å²) in [6, 6.07) is 13.9. The van der Waals surface area contributed by atoms with E-state index in [4.69, 9.17) is 16.3 Å². The van der Waals surface area contributed by atoms with E-state index < -0.39 is 25.4 Å². The highest BCUT2D eigenvalue weighted by Crippen LogP contribution is 2.32. The number of nitrogens with one attached hydrogen (secondary N) is 1. The monoisotopic (exact) mass is 680 g/mol. The highest BCUT2D eigenvalue weighted by molar-refractivity contribution is 8.15. The quantitative estimate of drug-likeness (QED) is 0.186. The number of anilines is 2. The van der Waals surface area contributed by atoms with Crippen molar-refractivity contribution >= 4 is 51.8 Å². The standard InChI is InChI=1S/C29H22ClF5N6O4S/c1-16-2-3-18(12-44-13-24(31)32)23(10-16)41-25(42)14-46-28(41)38-27(43)37-22-9-6-19(11-21(22)30)40-15-36-26(39-40)17-4-7-20(8-5-17)45-29(33,34)35/h2-11,15,24H,12-14H2,1H3,(H,37,43)/b38-28-. The molecule has 1 aliphatic heterocycles. The van der Waals surface area contributed by atoms with Crippen LogP contribution in [0.3, 0.4) is 0 Å². The normalized spacial score (nSPS) is 14.4. The van der Waals surface area contributed by atoms with Crippen LogP contribution in [0.25, 0.3) is 17.1 Å². The van der Waals surface area contributed by atoms with Gasteiger partial charge in [0.25, 0.3) is 6.43 Å². The smallest absolute Gasteiger partial charge is 0.406 e. The Morgan fingerprint density at radius 2 is 1.89 bits per heavy atom. The van der Waals surface area contributed by atoms with Crippen LogP contribution >= 0.6 is 23.4 Å². The van der Waals surface area contributed by atoms with Crippen LogP contribution in [0, 0.1) is 6.92 Å². The molecule has 0 spiro atoms. The molecule has 0 atom stereocenters. The number of hydrogen-bond donors (Lipinski definition) is 1. The van der Waals surface area contributed by atoms with Crippen LogP contribution < -0.4 is 15.0 Å². The molecule has 4 aromatic rings. The number of ether oxygens (including phenoxy) is 2. The molecule has 5 rings (SSSR count). The van der Waals surface area contributed by atoms with E-state index in [1.54, 1.807) is 31.2 Å². The molecule has 0 saturated carbocycles. The summed E-state index contributed by atoms with van der Waals surface area (Å²) in [5.74, 6) is -0.489. The van der Waals surface area contributed by atoms with Crippen LogP contribution in [0.15, 0.2) is 72.0 Å². The summed E-state index contributed by atoms with van der Waals surface area (Å²) < 4.78 is 72.8. The molecule has 1 aromatic heterocycles. The van der Waals surface area contributed by atoms with Crippen molar-refractivity contribution in [2.45, 2.75) is 26.3 Å². The van der Waals surface area contributed by atoms with Crippen LogP contribution in [-0.2, 0) is 16.1 Å². The minimum atomic E-state index is -4.81. The number of urea groups is 1. The number of aryl methyl sites for hydroxylation is 1. The Bertz CT molecular complexity index is 1780. The van der Waals surface area contributed by atoms with Gasteiger partial charge in [-0.2, -0.15) is 4.99 Å². The summed E-state index contributed by atoms with van der Waals surface area (Å²) in [6.45, 7) is 0.853. The SMILES string of the molecule is Cc1ccc(COCC(F)F)c(N2C(=O)CS/C2=N\C(=O)Nc2ccc(-n3cnc(-c4ccc(OC(F)(F)F)cc4)n3)cc2Cl)c1. The summed E-state index contributed by atoms with van der Waals surface area (Å²) in [7, 11) is 0. The van der Waals surface area contributed by atoms with Crippen molar-refractivity contribution in [3.63, 3.8) is 0 Å². The average molecular weight is 681 g/mol. The lowest BCUT2D eigenvalue weighted by atomic mass is 10.1. The third-order valence-electron chi connectivity index (χ3n) is 6.24. The largest absolute Gasteiger partial charge is 0.573 e. The molecule has 0 bridgehead atoms. The fraction of sp³-hybridized carbons (Fsp3) is 0.207. The Morgan fingerprint density at radius 3 is 2.59 bits per heavy atom. The summed E-state index contributed by atoms with van der Waals surface area (Å²) >= 11 is 7.46. The number of rotatable bonds is 9. The Morgan fingerprint density at radius 1 is 1.13 bits per heavy atom. The predicted molar refractivity (Wildman–Crippen MR) is 162 cm³/mol. The van der Waals surface area contributed by atoms with E-state index in [-0.39, 0.29) is 45.7 Å². The van der Waals surface area contributed by atoms with Crippen molar-refractivity contribution in [1.29, 1.82) is 0 Å². The van der Waals surface area contributed by atoms with Gasteiger partial charge < -0.3 is 14.8 Å². The molecular formula is C29H22ClF5N6O4S. The molecule has 0 aliphatic carbocycles. The van der Waals surface area contributed by atoms with Crippen LogP contribution in [0.5, 0.6) is 5.75 Å². The lowest BCUT2D eigenvalue weighted by Gasteiger charge is -2.20. The minimum absolute atomic E-state index is 0.0121. The maximum atomic E-state index is 12.9. The van der Waals surface area contributed by atoms with Crippen molar-refractivity contribution in [3.05, 3.63) is 83.1 Å². The zero-order valence-electron chi connectivity index (χ0n) is 23.6. The first kappa shape index (κ1) is 32.8. The number of thioether (sulfide) groups is 1. The Kier molecular flexibility index (Phi) is 9.88. The van der Waals surface area contributed by atoms with E-state index in [1.165, 1.54) is 40.2 Å². The van der Waals surface area contributed by atoms with E-state index in [1.807, 2.05) is 0 Å². The van der Waals surface area contributed by atoms with Gasteiger partial charge in [-0.05, 0) is 61.0 Å². The third-order valence-corrected chi connectivity index (χ3v) is 7.48. The molecule has 17 heteroatoms. The first-order valence-electron chi connectivity index (χ1n) is 13.2. The van der Waals surface area contributed by atoms with Crippen molar-refractivity contribution in [1.82, 2.24) is 14.8 Å². The maximum Gasteiger partial charge on any atom is 0.573 e. The molecule has 2 heterocycles. The second-order valence-corrected chi connectivity index (χ2v) is 11.0.